The van der Waals surface area contributed by atoms with Crippen molar-refractivity contribution in [3.63, 3.8) is 0 Å². The molecule has 0 spiro atoms. The van der Waals surface area contributed by atoms with E-state index in [-0.39, 0.29) is 18.2 Å². The molecule has 5 heteroatoms. The van der Waals surface area contributed by atoms with E-state index >= 15 is 0 Å². The van der Waals surface area contributed by atoms with Crippen LogP contribution in [0.25, 0.3) is 0 Å². The van der Waals surface area contributed by atoms with Gasteiger partial charge >= 0.3 is 0 Å². The highest BCUT2D eigenvalue weighted by Crippen LogP contribution is 2.19. The Morgan fingerprint density at radius 1 is 1.11 bits per heavy atom. The minimum absolute atomic E-state index is 0.0991. The van der Waals surface area contributed by atoms with E-state index in [0.29, 0.717) is 18.1 Å². The molecule has 0 radical (unpaired) electrons. The van der Waals surface area contributed by atoms with Gasteiger partial charge in [-0.1, -0.05) is 66.6 Å². The molecular weight excluding hydrogens is 360 g/mol. The van der Waals surface area contributed by atoms with E-state index in [1.807, 2.05) is 56.3 Å². The van der Waals surface area contributed by atoms with E-state index in [1.165, 1.54) is 0 Å². The molecule has 0 aliphatic heterocycles. The lowest BCUT2D eigenvalue weighted by molar-refractivity contribution is -0.140. The van der Waals surface area contributed by atoms with Crippen LogP contribution in [0, 0.1) is 6.92 Å². The molecule has 2 aromatic rings. The van der Waals surface area contributed by atoms with E-state index in [9.17, 15) is 9.59 Å². The summed E-state index contributed by atoms with van der Waals surface area (Å²) in [5.41, 5.74) is 2.90. The molecule has 0 unspecified atom stereocenters. The van der Waals surface area contributed by atoms with Crippen molar-refractivity contribution in [2.45, 2.75) is 46.2 Å². The second-order valence-corrected chi connectivity index (χ2v) is 7.15. The predicted octanol–water partition coefficient (Wildman–Crippen LogP) is 4.13. The van der Waals surface area contributed by atoms with Crippen molar-refractivity contribution in [2.75, 3.05) is 6.54 Å². The summed E-state index contributed by atoms with van der Waals surface area (Å²) in [7, 11) is 0. The Labute approximate surface area is 166 Å². The standard InChI is InChI=1S/C22H27ClN2O2/c1-4-13-24-22(27)17(3)25(15-19-7-5-6-8-20(19)23)21(26)14-18-11-9-16(2)10-12-18/h5-12,17H,4,13-15H2,1-3H3,(H,24,27)/t17-/m1/s1. The number of carbonyl (C=O) groups is 2. The smallest absolute Gasteiger partial charge is 0.242 e. The fraction of sp³-hybridized carbons (Fsp3) is 0.364. The molecule has 144 valence electrons. The molecule has 0 aromatic heterocycles. The van der Waals surface area contributed by atoms with Crippen molar-refractivity contribution in [3.8, 4) is 0 Å². The lowest BCUT2D eigenvalue weighted by Crippen LogP contribution is -2.48. The number of nitrogens with one attached hydrogen (secondary N) is 1. The number of hydrogen-bond donors (Lipinski definition) is 1. The van der Waals surface area contributed by atoms with Gasteiger partial charge in [-0.25, -0.2) is 0 Å². The molecule has 1 N–H and O–H groups in total. The molecule has 0 saturated carbocycles. The first-order chi connectivity index (χ1) is 12.9. The normalized spacial score (nSPS) is 11.7. The summed E-state index contributed by atoms with van der Waals surface area (Å²) in [6.45, 7) is 6.65. The fourth-order valence-electron chi connectivity index (χ4n) is 2.77. The van der Waals surface area contributed by atoms with Crippen molar-refractivity contribution >= 4 is 23.4 Å². The number of rotatable bonds is 8. The van der Waals surface area contributed by atoms with Crippen molar-refractivity contribution in [2.24, 2.45) is 0 Å². The van der Waals surface area contributed by atoms with Crippen molar-refractivity contribution < 1.29 is 9.59 Å². The number of hydrogen-bond acceptors (Lipinski definition) is 2. The molecule has 0 heterocycles. The summed E-state index contributed by atoms with van der Waals surface area (Å²) in [6.07, 6.45) is 1.09. The highest BCUT2D eigenvalue weighted by molar-refractivity contribution is 6.31. The largest absolute Gasteiger partial charge is 0.354 e. The van der Waals surface area contributed by atoms with Crippen molar-refractivity contribution in [1.82, 2.24) is 10.2 Å². The third-order valence-corrected chi connectivity index (χ3v) is 4.86. The molecule has 0 aliphatic rings. The zero-order valence-electron chi connectivity index (χ0n) is 16.2. The first-order valence-electron chi connectivity index (χ1n) is 9.28. The maximum atomic E-state index is 13.0. The lowest BCUT2D eigenvalue weighted by atomic mass is 10.1. The summed E-state index contributed by atoms with van der Waals surface area (Å²) in [6, 6.07) is 14.7. The van der Waals surface area contributed by atoms with Gasteiger partial charge in [0.1, 0.15) is 6.04 Å². The molecule has 2 amide bonds. The number of benzene rings is 2. The number of halogens is 1. The molecule has 0 fully saturated rings. The molecule has 4 nitrogen and oxygen atoms in total. The van der Waals surface area contributed by atoms with E-state index in [0.717, 1.165) is 23.1 Å². The lowest BCUT2D eigenvalue weighted by Gasteiger charge is -2.29. The number of aryl methyl sites for hydroxylation is 1. The molecule has 1 atom stereocenters. The summed E-state index contributed by atoms with van der Waals surface area (Å²) >= 11 is 6.28. The monoisotopic (exact) mass is 386 g/mol. The number of nitrogens with zero attached hydrogens (tertiary/aromatic N) is 1. The van der Waals surface area contributed by atoms with Crippen molar-refractivity contribution in [3.05, 3.63) is 70.2 Å². The van der Waals surface area contributed by atoms with Crippen LogP contribution in [0.3, 0.4) is 0 Å². The summed E-state index contributed by atoms with van der Waals surface area (Å²) in [5.74, 6) is -0.251. The number of amides is 2. The van der Waals surface area contributed by atoms with Gasteiger partial charge in [0.05, 0.1) is 6.42 Å². The third-order valence-electron chi connectivity index (χ3n) is 4.49. The van der Waals surface area contributed by atoms with Gasteiger partial charge in [0.25, 0.3) is 0 Å². The molecule has 0 bridgehead atoms. The molecule has 0 aliphatic carbocycles. The highest BCUT2D eigenvalue weighted by atomic mass is 35.5. The number of carbonyl (C=O) groups excluding carboxylic acids is 2. The van der Waals surface area contributed by atoms with Gasteiger partial charge in [-0.05, 0) is 37.5 Å². The molecular formula is C22H27ClN2O2. The SMILES string of the molecule is CCCNC(=O)[C@@H](C)N(Cc1ccccc1Cl)C(=O)Cc1ccc(C)cc1. The van der Waals surface area contributed by atoms with Crippen LogP contribution >= 0.6 is 11.6 Å². The summed E-state index contributed by atoms with van der Waals surface area (Å²) in [4.78, 5) is 27.1. The maximum absolute atomic E-state index is 13.0. The van der Waals surface area contributed by atoms with Gasteiger partial charge in [-0.3, -0.25) is 9.59 Å². The predicted molar refractivity (Wildman–Crippen MR) is 110 cm³/mol. The van der Waals surface area contributed by atoms with Crippen LogP contribution in [0.1, 0.15) is 37.0 Å². The Morgan fingerprint density at radius 3 is 2.41 bits per heavy atom. The average Bonchev–Trinajstić information content (AvgIpc) is 2.66. The second kappa shape index (κ2) is 10.1. The Bertz CT molecular complexity index is 774. The summed E-state index contributed by atoms with van der Waals surface area (Å²) < 4.78 is 0. The van der Waals surface area contributed by atoms with Gasteiger partial charge in [-0.2, -0.15) is 0 Å². The summed E-state index contributed by atoms with van der Waals surface area (Å²) in [5, 5.41) is 3.46. The van der Waals surface area contributed by atoms with Gasteiger partial charge in [0, 0.05) is 18.1 Å². The van der Waals surface area contributed by atoms with Crippen molar-refractivity contribution in [1.29, 1.82) is 0 Å². The Balaban J connectivity index is 2.21. The average molecular weight is 387 g/mol. The van der Waals surface area contributed by atoms with Gasteiger partial charge in [0.2, 0.25) is 11.8 Å². The Morgan fingerprint density at radius 2 is 1.78 bits per heavy atom. The van der Waals surface area contributed by atoms with Crippen LogP contribution in [0.5, 0.6) is 0 Å². The zero-order valence-corrected chi connectivity index (χ0v) is 16.9. The van der Waals surface area contributed by atoms with Gasteiger partial charge in [0.15, 0.2) is 0 Å². The van der Waals surface area contributed by atoms with Crippen LogP contribution in [-0.4, -0.2) is 29.3 Å². The van der Waals surface area contributed by atoms with Crippen LogP contribution in [-0.2, 0) is 22.6 Å². The van der Waals surface area contributed by atoms with E-state index in [2.05, 4.69) is 5.32 Å². The third kappa shape index (κ3) is 6.10. The zero-order chi connectivity index (χ0) is 19.8. The maximum Gasteiger partial charge on any atom is 0.242 e. The molecule has 0 saturated heterocycles. The molecule has 2 aromatic carbocycles. The van der Waals surface area contributed by atoms with Crippen LogP contribution in [0.15, 0.2) is 48.5 Å². The van der Waals surface area contributed by atoms with E-state index < -0.39 is 6.04 Å². The van der Waals surface area contributed by atoms with Crippen LogP contribution in [0.4, 0.5) is 0 Å². The Kier molecular flexibility index (Phi) is 7.86. The minimum Gasteiger partial charge on any atom is -0.354 e. The van der Waals surface area contributed by atoms with E-state index in [4.69, 9.17) is 11.6 Å². The van der Waals surface area contributed by atoms with Crippen LogP contribution in [0.2, 0.25) is 5.02 Å². The van der Waals surface area contributed by atoms with Crippen LogP contribution < -0.4 is 5.32 Å². The quantitative estimate of drug-likeness (QED) is 0.741. The molecule has 27 heavy (non-hydrogen) atoms. The minimum atomic E-state index is -0.578. The van der Waals surface area contributed by atoms with E-state index in [1.54, 1.807) is 17.9 Å². The molecule has 2 rings (SSSR count). The topological polar surface area (TPSA) is 49.4 Å². The van der Waals surface area contributed by atoms with Gasteiger partial charge in [-0.15, -0.1) is 0 Å². The first kappa shape index (κ1) is 21.0. The second-order valence-electron chi connectivity index (χ2n) is 6.74. The fourth-order valence-corrected chi connectivity index (χ4v) is 2.97. The Hall–Kier alpha value is -2.33. The highest BCUT2D eigenvalue weighted by Gasteiger charge is 2.26. The first-order valence-corrected chi connectivity index (χ1v) is 9.66. The van der Waals surface area contributed by atoms with Gasteiger partial charge < -0.3 is 10.2 Å².